The van der Waals surface area contributed by atoms with Crippen LogP contribution in [0.2, 0.25) is 0 Å². The number of aliphatic imine (C=N–C) groups is 1. The highest BCUT2D eigenvalue weighted by Gasteiger charge is 2.21. The normalized spacial score (nSPS) is 14.4. The molecule has 0 amide bonds. The predicted molar refractivity (Wildman–Crippen MR) is 131 cm³/mol. The van der Waals surface area contributed by atoms with Crippen LogP contribution in [0.25, 0.3) is 11.0 Å². The van der Waals surface area contributed by atoms with Gasteiger partial charge in [0.1, 0.15) is 5.56 Å². The quantitative estimate of drug-likeness (QED) is 0.334. The molecule has 1 saturated heterocycles. The highest BCUT2D eigenvalue weighted by Crippen LogP contribution is 2.33. The average Bonchev–Trinajstić information content (AvgIpc) is 3.21. The Morgan fingerprint density at radius 1 is 0.912 bits per heavy atom. The van der Waals surface area contributed by atoms with Crippen molar-refractivity contribution in [1.82, 2.24) is 19.5 Å². The number of fused-ring (bicyclic) bond motifs is 1. The third-order valence-corrected chi connectivity index (χ3v) is 6.01. The van der Waals surface area contributed by atoms with E-state index in [4.69, 9.17) is 0 Å². The van der Waals surface area contributed by atoms with Crippen LogP contribution in [0.5, 0.6) is 5.88 Å². The van der Waals surface area contributed by atoms with Gasteiger partial charge in [0.05, 0.1) is 22.4 Å². The van der Waals surface area contributed by atoms with E-state index in [1.54, 1.807) is 6.07 Å². The highest BCUT2D eigenvalue weighted by molar-refractivity contribution is 5.91. The molecular formula is C23H23N7O4. The van der Waals surface area contributed by atoms with Crippen LogP contribution in [-0.2, 0) is 7.05 Å². The van der Waals surface area contributed by atoms with Crippen LogP contribution in [0.1, 0.15) is 5.56 Å². The van der Waals surface area contributed by atoms with Gasteiger partial charge in [-0.3, -0.25) is 19.3 Å². The molecule has 0 bridgehead atoms. The molecule has 4 aromatic rings. The Morgan fingerprint density at radius 3 is 2.26 bits per heavy atom. The zero-order valence-electron chi connectivity index (χ0n) is 18.4. The van der Waals surface area contributed by atoms with Gasteiger partial charge in [0, 0.05) is 45.1 Å². The number of rotatable bonds is 4. The molecule has 5 rings (SSSR count). The average molecular weight is 461 g/mol. The van der Waals surface area contributed by atoms with Crippen LogP contribution < -0.4 is 26.7 Å². The molecule has 174 valence electrons. The lowest BCUT2D eigenvalue weighted by atomic mass is 10.1. The van der Waals surface area contributed by atoms with Crippen molar-refractivity contribution in [2.24, 2.45) is 12.0 Å². The number of aromatic amines is 3. The number of benzene rings is 2. The summed E-state index contributed by atoms with van der Waals surface area (Å²) in [6, 6.07) is 13.8. The molecule has 1 aliphatic rings. The summed E-state index contributed by atoms with van der Waals surface area (Å²) in [6.07, 6.45) is 1.23. The standard InChI is InChI=1S/C23H23N7O4/c1-28-21(32)15(20(31)27-23(28)34)13-24-18-11-16-17(26-22(33)25-16)12-19(18)30-9-7-29(8-10-30)14-5-3-2-4-6-14/h2-6,11-13,32H,7-10H2,1H3,(H2,25,26,33)(H,27,31,34). The van der Waals surface area contributed by atoms with Gasteiger partial charge in [0.15, 0.2) is 0 Å². The summed E-state index contributed by atoms with van der Waals surface area (Å²) in [4.78, 5) is 52.3. The molecule has 4 N–H and O–H groups in total. The van der Waals surface area contributed by atoms with Crippen LogP contribution in [0.15, 0.2) is 61.8 Å². The van der Waals surface area contributed by atoms with E-state index < -0.39 is 17.1 Å². The Labute approximate surface area is 192 Å². The fourth-order valence-electron chi connectivity index (χ4n) is 4.14. The lowest BCUT2D eigenvalue weighted by molar-refractivity contribution is 0.417. The van der Waals surface area contributed by atoms with Gasteiger partial charge in [-0.15, -0.1) is 0 Å². The van der Waals surface area contributed by atoms with Gasteiger partial charge < -0.3 is 24.9 Å². The Hall–Kier alpha value is -4.54. The van der Waals surface area contributed by atoms with Crippen molar-refractivity contribution in [3.05, 3.63) is 79.4 Å². The van der Waals surface area contributed by atoms with Crippen LogP contribution in [0.4, 0.5) is 17.1 Å². The summed E-state index contributed by atoms with van der Waals surface area (Å²) in [6.45, 7) is 3.05. The number of hydrogen-bond donors (Lipinski definition) is 4. The number of H-pyrrole nitrogens is 3. The van der Waals surface area contributed by atoms with Gasteiger partial charge >= 0.3 is 11.4 Å². The van der Waals surface area contributed by atoms with Gasteiger partial charge in [-0.25, -0.2) is 9.59 Å². The Morgan fingerprint density at radius 2 is 1.56 bits per heavy atom. The first-order chi connectivity index (χ1) is 16.4. The van der Waals surface area contributed by atoms with Crippen LogP contribution in [-0.4, -0.2) is 57.0 Å². The van der Waals surface area contributed by atoms with Crippen molar-refractivity contribution < 1.29 is 5.11 Å². The summed E-state index contributed by atoms with van der Waals surface area (Å²) in [5.74, 6) is -0.480. The highest BCUT2D eigenvalue weighted by atomic mass is 16.3. The first kappa shape index (κ1) is 21.3. The van der Waals surface area contributed by atoms with Crippen molar-refractivity contribution in [3.63, 3.8) is 0 Å². The molecule has 1 fully saturated rings. The molecule has 0 radical (unpaired) electrons. The molecule has 0 spiro atoms. The minimum Gasteiger partial charge on any atom is -0.494 e. The lowest BCUT2D eigenvalue weighted by Gasteiger charge is -2.37. The number of imidazole rings is 1. The van der Waals surface area contributed by atoms with Gasteiger partial charge in [-0.1, -0.05) is 18.2 Å². The number of piperazine rings is 1. The maximum Gasteiger partial charge on any atom is 0.330 e. The molecule has 2 aromatic carbocycles. The number of nitrogens with one attached hydrogen (secondary N) is 3. The van der Waals surface area contributed by atoms with Crippen molar-refractivity contribution in [3.8, 4) is 5.88 Å². The fraction of sp³-hybridized carbons (Fsp3) is 0.217. The fourth-order valence-corrected chi connectivity index (χ4v) is 4.14. The number of aromatic nitrogens is 4. The first-order valence-electron chi connectivity index (χ1n) is 10.8. The first-order valence-corrected chi connectivity index (χ1v) is 10.8. The van der Waals surface area contributed by atoms with E-state index in [-0.39, 0.29) is 11.3 Å². The van der Waals surface area contributed by atoms with E-state index in [9.17, 15) is 19.5 Å². The lowest BCUT2D eigenvalue weighted by Crippen LogP contribution is -2.46. The smallest absolute Gasteiger partial charge is 0.330 e. The van der Waals surface area contributed by atoms with Gasteiger partial charge in [-0.05, 0) is 24.3 Å². The zero-order chi connectivity index (χ0) is 23.8. The molecule has 0 unspecified atom stereocenters. The molecule has 3 heterocycles. The van der Waals surface area contributed by atoms with E-state index in [0.717, 1.165) is 42.1 Å². The van der Waals surface area contributed by atoms with E-state index in [1.807, 2.05) is 24.3 Å². The zero-order valence-corrected chi connectivity index (χ0v) is 18.4. The van der Waals surface area contributed by atoms with Crippen molar-refractivity contribution in [2.45, 2.75) is 0 Å². The molecular weight excluding hydrogens is 438 g/mol. The molecule has 0 aliphatic carbocycles. The molecule has 0 atom stereocenters. The monoisotopic (exact) mass is 461 g/mol. The Kier molecular flexibility index (Phi) is 5.28. The second kappa shape index (κ2) is 8.43. The third-order valence-electron chi connectivity index (χ3n) is 6.01. The largest absolute Gasteiger partial charge is 0.494 e. The minimum absolute atomic E-state index is 0.135. The number of aromatic hydroxyl groups is 1. The molecule has 11 nitrogen and oxygen atoms in total. The van der Waals surface area contributed by atoms with E-state index in [0.29, 0.717) is 16.7 Å². The summed E-state index contributed by atoms with van der Waals surface area (Å²) in [5, 5.41) is 10.3. The number of hydrogen-bond acceptors (Lipinski definition) is 7. The number of nitrogens with zero attached hydrogens (tertiary/aromatic N) is 4. The Balaban J connectivity index is 1.51. The molecule has 11 heteroatoms. The predicted octanol–water partition coefficient (Wildman–Crippen LogP) is 1.03. The molecule has 1 aliphatic heterocycles. The third kappa shape index (κ3) is 3.87. The van der Waals surface area contributed by atoms with E-state index >= 15 is 0 Å². The molecule has 0 saturated carbocycles. The number of anilines is 2. The Bertz CT molecular complexity index is 1550. The topological polar surface area (TPSA) is 143 Å². The van der Waals surface area contributed by atoms with Crippen LogP contribution in [0, 0.1) is 0 Å². The minimum atomic E-state index is -0.737. The summed E-state index contributed by atoms with van der Waals surface area (Å²) < 4.78 is 0.930. The van der Waals surface area contributed by atoms with Gasteiger partial charge in [0.2, 0.25) is 5.88 Å². The second-order valence-corrected chi connectivity index (χ2v) is 8.09. The maximum atomic E-state index is 12.2. The van der Waals surface area contributed by atoms with E-state index in [1.165, 1.54) is 13.3 Å². The second-order valence-electron chi connectivity index (χ2n) is 8.09. The summed E-state index contributed by atoms with van der Waals surface area (Å²) in [7, 11) is 1.35. The molecule has 2 aromatic heterocycles. The number of para-hydroxylation sites is 1. The van der Waals surface area contributed by atoms with Gasteiger partial charge in [-0.2, -0.15) is 0 Å². The maximum absolute atomic E-state index is 12.2. The van der Waals surface area contributed by atoms with Gasteiger partial charge in [0.25, 0.3) is 5.56 Å². The van der Waals surface area contributed by atoms with Crippen LogP contribution >= 0.6 is 0 Å². The van der Waals surface area contributed by atoms with Crippen LogP contribution in [0.3, 0.4) is 0 Å². The van der Waals surface area contributed by atoms with Crippen molar-refractivity contribution in [2.75, 3.05) is 36.0 Å². The van der Waals surface area contributed by atoms with Crippen molar-refractivity contribution >= 4 is 34.3 Å². The summed E-state index contributed by atoms with van der Waals surface area (Å²) in [5.41, 5.74) is 1.76. The SMILES string of the molecule is Cn1c(O)c(C=Nc2cc3[nH]c(=O)[nH]c3cc2N2CCN(c3ccccc3)CC2)c(=O)[nH]c1=O. The molecule has 34 heavy (non-hydrogen) atoms. The van der Waals surface area contributed by atoms with Crippen molar-refractivity contribution in [1.29, 1.82) is 0 Å². The van der Waals surface area contributed by atoms with E-state index in [2.05, 4.69) is 41.9 Å². The summed E-state index contributed by atoms with van der Waals surface area (Å²) >= 11 is 0.